The number of hydrogen-bond donors (Lipinski definition) is 1. The highest BCUT2D eigenvalue weighted by Gasteiger charge is 2.18. The summed E-state index contributed by atoms with van der Waals surface area (Å²) in [7, 11) is 0. The third-order valence-electron chi connectivity index (χ3n) is 3.46. The molecule has 1 aliphatic heterocycles. The van der Waals surface area contributed by atoms with Gasteiger partial charge in [0.05, 0.1) is 0 Å². The highest BCUT2D eigenvalue weighted by atomic mass is 15.1. The summed E-state index contributed by atoms with van der Waals surface area (Å²) in [5.74, 6) is 0. The van der Waals surface area contributed by atoms with Crippen molar-refractivity contribution < 1.29 is 0 Å². The summed E-state index contributed by atoms with van der Waals surface area (Å²) in [4.78, 5) is 6.60. The number of fused-ring (bicyclic) bond motifs is 1. The van der Waals surface area contributed by atoms with Crippen molar-refractivity contribution in [1.82, 2.24) is 9.88 Å². The van der Waals surface area contributed by atoms with Crippen LogP contribution in [-0.2, 0) is 19.5 Å². The monoisotopic (exact) mass is 239 g/mol. The Labute approximate surface area is 107 Å². The summed E-state index contributed by atoms with van der Waals surface area (Å²) in [6.07, 6.45) is 4.82. The first-order valence-electron chi connectivity index (χ1n) is 6.30. The van der Waals surface area contributed by atoms with Crippen LogP contribution in [0.3, 0.4) is 0 Å². The molecule has 0 radical (unpaired) electrons. The standard InChI is InChI=1S/C15H17N3/c16-15-4-3-13-10-18(11-14(13)8-15)7-5-12-2-1-6-17-9-12/h1-4,6,8-9H,5,7,10-11,16H2. The number of rotatable bonds is 3. The van der Waals surface area contributed by atoms with Gasteiger partial charge in [0.25, 0.3) is 0 Å². The Hall–Kier alpha value is -1.87. The molecule has 0 amide bonds. The van der Waals surface area contributed by atoms with Crippen LogP contribution < -0.4 is 5.73 Å². The minimum atomic E-state index is 0.864. The molecular weight excluding hydrogens is 222 g/mol. The zero-order valence-corrected chi connectivity index (χ0v) is 10.3. The molecule has 18 heavy (non-hydrogen) atoms. The molecule has 0 atom stereocenters. The normalized spacial score (nSPS) is 14.7. The average molecular weight is 239 g/mol. The Balaban J connectivity index is 1.61. The molecule has 1 aromatic heterocycles. The molecule has 0 saturated heterocycles. The van der Waals surface area contributed by atoms with Gasteiger partial charge in [-0.1, -0.05) is 12.1 Å². The molecule has 0 saturated carbocycles. The van der Waals surface area contributed by atoms with E-state index in [1.54, 1.807) is 0 Å². The SMILES string of the molecule is Nc1ccc2c(c1)CN(CCc1cccnc1)C2. The predicted octanol–water partition coefficient (Wildman–Crippen LogP) is 2.22. The fourth-order valence-electron chi connectivity index (χ4n) is 2.48. The fourth-order valence-corrected chi connectivity index (χ4v) is 2.48. The Morgan fingerprint density at radius 3 is 2.89 bits per heavy atom. The summed E-state index contributed by atoms with van der Waals surface area (Å²) in [5.41, 5.74) is 10.8. The smallest absolute Gasteiger partial charge is 0.0317 e. The first-order chi connectivity index (χ1) is 8.81. The van der Waals surface area contributed by atoms with E-state index in [9.17, 15) is 0 Å². The van der Waals surface area contributed by atoms with Crippen molar-refractivity contribution in [3.05, 3.63) is 59.4 Å². The van der Waals surface area contributed by atoms with E-state index in [4.69, 9.17) is 5.73 Å². The van der Waals surface area contributed by atoms with E-state index in [1.165, 1.54) is 16.7 Å². The molecule has 2 aromatic rings. The summed E-state index contributed by atoms with van der Waals surface area (Å²) < 4.78 is 0. The van der Waals surface area contributed by atoms with Crippen molar-refractivity contribution in [3.8, 4) is 0 Å². The Morgan fingerprint density at radius 1 is 1.17 bits per heavy atom. The average Bonchev–Trinajstić information content (AvgIpc) is 2.79. The minimum Gasteiger partial charge on any atom is -0.399 e. The quantitative estimate of drug-likeness (QED) is 0.835. The van der Waals surface area contributed by atoms with E-state index in [2.05, 4.69) is 28.1 Å². The van der Waals surface area contributed by atoms with Crippen molar-refractivity contribution in [2.75, 3.05) is 12.3 Å². The van der Waals surface area contributed by atoms with Crippen LogP contribution in [0, 0.1) is 0 Å². The lowest BCUT2D eigenvalue weighted by molar-refractivity contribution is 0.288. The van der Waals surface area contributed by atoms with Gasteiger partial charge in [-0.05, 0) is 41.3 Å². The number of benzene rings is 1. The molecule has 0 aliphatic carbocycles. The van der Waals surface area contributed by atoms with Crippen LogP contribution in [0.25, 0.3) is 0 Å². The van der Waals surface area contributed by atoms with Gasteiger partial charge < -0.3 is 5.73 Å². The first kappa shape index (κ1) is 11.2. The molecule has 0 spiro atoms. The van der Waals surface area contributed by atoms with Gasteiger partial charge in [0, 0.05) is 37.7 Å². The zero-order chi connectivity index (χ0) is 12.4. The number of hydrogen-bond acceptors (Lipinski definition) is 3. The second kappa shape index (κ2) is 4.78. The van der Waals surface area contributed by atoms with Gasteiger partial charge in [0.15, 0.2) is 0 Å². The van der Waals surface area contributed by atoms with E-state index in [0.29, 0.717) is 0 Å². The molecule has 0 bridgehead atoms. The number of nitrogen functional groups attached to an aromatic ring is 1. The van der Waals surface area contributed by atoms with Gasteiger partial charge in [0.2, 0.25) is 0 Å². The maximum Gasteiger partial charge on any atom is 0.0317 e. The number of pyridine rings is 1. The van der Waals surface area contributed by atoms with Crippen molar-refractivity contribution in [2.45, 2.75) is 19.5 Å². The van der Waals surface area contributed by atoms with E-state index < -0.39 is 0 Å². The Morgan fingerprint density at radius 2 is 2.06 bits per heavy atom. The van der Waals surface area contributed by atoms with Crippen LogP contribution in [0.5, 0.6) is 0 Å². The Bertz CT molecular complexity index is 537. The lowest BCUT2D eigenvalue weighted by atomic mass is 10.1. The van der Waals surface area contributed by atoms with Crippen molar-refractivity contribution in [3.63, 3.8) is 0 Å². The maximum absolute atomic E-state index is 5.81. The summed E-state index contributed by atoms with van der Waals surface area (Å²) in [6.45, 7) is 3.12. The number of nitrogens with two attached hydrogens (primary N) is 1. The molecule has 2 N–H and O–H groups in total. The molecule has 0 unspecified atom stereocenters. The number of nitrogens with zero attached hydrogens (tertiary/aromatic N) is 2. The topological polar surface area (TPSA) is 42.1 Å². The second-order valence-electron chi connectivity index (χ2n) is 4.85. The molecule has 2 heterocycles. The van der Waals surface area contributed by atoms with Gasteiger partial charge in [-0.2, -0.15) is 0 Å². The molecule has 3 heteroatoms. The summed E-state index contributed by atoms with van der Waals surface area (Å²) >= 11 is 0. The second-order valence-corrected chi connectivity index (χ2v) is 4.85. The van der Waals surface area contributed by atoms with Gasteiger partial charge in [-0.25, -0.2) is 0 Å². The zero-order valence-electron chi connectivity index (χ0n) is 10.3. The molecule has 92 valence electrons. The number of aromatic nitrogens is 1. The van der Waals surface area contributed by atoms with Crippen LogP contribution in [-0.4, -0.2) is 16.4 Å². The lowest BCUT2D eigenvalue weighted by Crippen LogP contribution is -2.19. The van der Waals surface area contributed by atoms with Crippen LogP contribution >= 0.6 is 0 Å². The predicted molar refractivity (Wildman–Crippen MR) is 72.9 cm³/mol. The molecular formula is C15H17N3. The van der Waals surface area contributed by atoms with E-state index in [1.807, 2.05) is 24.5 Å². The first-order valence-corrected chi connectivity index (χ1v) is 6.30. The van der Waals surface area contributed by atoms with E-state index in [0.717, 1.165) is 31.7 Å². The largest absolute Gasteiger partial charge is 0.399 e. The number of anilines is 1. The van der Waals surface area contributed by atoms with Crippen LogP contribution in [0.2, 0.25) is 0 Å². The molecule has 1 aliphatic rings. The molecule has 1 aromatic carbocycles. The van der Waals surface area contributed by atoms with Crippen LogP contribution in [0.1, 0.15) is 16.7 Å². The van der Waals surface area contributed by atoms with Crippen molar-refractivity contribution >= 4 is 5.69 Å². The van der Waals surface area contributed by atoms with Gasteiger partial charge in [0.1, 0.15) is 0 Å². The van der Waals surface area contributed by atoms with Crippen LogP contribution in [0.15, 0.2) is 42.7 Å². The van der Waals surface area contributed by atoms with Gasteiger partial charge >= 0.3 is 0 Å². The maximum atomic E-state index is 5.81. The third-order valence-corrected chi connectivity index (χ3v) is 3.46. The molecule has 0 fully saturated rings. The van der Waals surface area contributed by atoms with Crippen LogP contribution in [0.4, 0.5) is 5.69 Å². The molecule has 3 rings (SSSR count). The van der Waals surface area contributed by atoms with Gasteiger partial charge in [-0.3, -0.25) is 9.88 Å². The lowest BCUT2D eigenvalue weighted by Gasteiger charge is -2.14. The molecule has 3 nitrogen and oxygen atoms in total. The fraction of sp³-hybridized carbons (Fsp3) is 0.267. The van der Waals surface area contributed by atoms with E-state index in [-0.39, 0.29) is 0 Å². The van der Waals surface area contributed by atoms with Crippen molar-refractivity contribution in [1.29, 1.82) is 0 Å². The summed E-state index contributed by atoms with van der Waals surface area (Å²) in [6, 6.07) is 10.4. The van der Waals surface area contributed by atoms with Crippen molar-refractivity contribution in [2.24, 2.45) is 0 Å². The minimum absolute atomic E-state index is 0.864. The summed E-state index contributed by atoms with van der Waals surface area (Å²) in [5, 5.41) is 0. The highest BCUT2D eigenvalue weighted by Crippen LogP contribution is 2.24. The van der Waals surface area contributed by atoms with E-state index >= 15 is 0 Å². The third kappa shape index (κ3) is 2.36. The highest BCUT2D eigenvalue weighted by molar-refractivity contribution is 5.46. The Kier molecular flexibility index (Phi) is 2.99. The van der Waals surface area contributed by atoms with Gasteiger partial charge in [-0.15, -0.1) is 0 Å².